The summed E-state index contributed by atoms with van der Waals surface area (Å²) in [7, 11) is 1.55. The summed E-state index contributed by atoms with van der Waals surface area (Å²) in [6.07, 6.45) is 10.9. The molecule has 9 heterocycles. The van der Waals surface area contributed by atoms with Crippen molar-refractivity contribution in [1.82, 2.24) is 33.7 Å². The molecule has 95 heavy (non-hydrogen) atoms. The molecule has 1 saturated carbocycles. The van der Waals surface area contributed by atoms with Gasteiger partial charge in [0.1, 0.15) is 17.1 Å². The third-order valence-electron chi connectivity index (χ3n) is 18.3. The fourth-order valence-electron chi connectivity index (χ4n) is 13.6. The van der Waals surface area contributed by atoms with Gasteiger partial charge in [0.15, 0.2) is 0 Å². The van der Waals surface area contributed by atoms with Crippen LogP contribution < -0.4 is 36.7 Å². The first-order chi connectivity index (χ1) is 46.0. The second-order valence-electron chi connectivity index (χ2n) is 23.7. The monoisotopic (exact) mass is 1330 g/mol. The maximum absolute atomic E-state index is 13.4. The molecular formula is C67H72N14O12S2. The van der Waals surface area contributed by atoms with Crippen molar-refractivity contribution in [3.05, 3.63) is 203 Å². The third kappa shape index (κ3) is 13.6. The van der Waals surface area contributed by atoms with E-state index < -0.39 is 42.8 Å². The summed E-state index contributed by atoms with van der Waals surface area (Å²) >= 11 is 2.79. The molecule has 3 amide bonds. The van der Waals surface area contributed by atoms with Crippen LogP contribution in [-0.2, 0) is 18.4 Å². The van der Waals surface area contributed by atoms with E-state index in [1.165, 1.54) is 44.0 Å². The van der Waals surface area contributed by atoms with Gasteiger partial charge in [-0.15, -0.1) is 22.7 Å². The number of para-hydroxylation sites is 3. The van der Waals surface area contributed by atoms with E-state index in [0.717, 1.165) is 68.6 Å². The number of thiophene rings is 2. The van der Waals surface area contributed by atoms with Gasteiger partial charge in [0.2, 0.25) is 5.91 Å². The molecule has 4 saturated heterocycles. The van der Waals surface area contributed by atoms with Crippen LogP contribution in [0.3, 0.4) is 0 Å². The van der Waals surface area contributed by atoms with Crippen LogP contribution in [0.25, 0.3) is 32.7 Å². The first-order valence-electron chi connectivity index (χ1n) is 31.6. The molecule has 8 aromatic rings. The number of nitrogens with one attached hydrogen (secondary N) is 2. The average molecular weight is 1330 g/mol. The van der Waals surface area contributed by atoms with Crippen molar-refractivity contribution in [2.45, 2.75) is 63.6 Å². The summed E-state index contributed by atoms with van der Waals surface area (Å²) in [5, 5.41) is 52.3. The van der Waals surface area contributed by atoms with E-state index in [1.807, 2.05) is 78.9 Å². The Kier molecular flexibility index (Phi) is 20.5. The van der Waals surface area contributed by atoms with Crippen molar-refractivity contribution < 1.29 is 29.2 Å². The number of aromatic nitrogens is 3. The molecule has 0 radical (unpaired) electrons. The Balaban J connectivity index is 0.000000145. The van der Waals surface area contributed by atoms with E-state index in [9.17, 15) is 59.1 Å². The predicted molar refractivity (Wildman–Crippen MR) is 369 cm³/mol. The number of piperidine rings is 1. The van der Waals surface area contributed by atoms with Crippen molar-refractivity contribution in [2.24, 2.45) is 7.05 Å². The Bertz CT molecular complexity index is 4470. The quantitative estimate of drug-likeness (QED) is 0.0444. The third-order valence-corrected chi connectivity index (χ3v) is 20.0. The van der Waals surface area contributed by atoms with Gasteiger partial charge in [0, 0.05) is 114 Å². The lowest BCUT2D eigenvalue weighted by Crippen LogP contribution is -2.55. The number of piperazine rings is 3. The Hall–Kier alpha value is -10.2. The lowest BCUT2D eigenvalue weighted by molar-refractivity contribution is -0.385. The molecule has 5 aliphatic rings. The molecule has 1 atom stereocenters. The van der Waals surface area contributed by atoms with E-state index >= 15 is 0 Å². The summed E-state index contributed by atoms with van der Waals surface area (Å²) < 4.78 is 4.33. The zero-order valence-corrected chi connectivity index (χ0v) is 54.1. The summed E-state index contributed by atoms with van der Waals surface area (Å²) in [6.45, 7) is 9.83. The smallest absolute Gasteiger partial charge is 0.357 e. The van der Waals surface area contributed by atoms with Crippen molar-refractivity contribution in [1.29, 1.82) is 5.41 Å². The highest BCUT2D eigenvalue weighted by atomic mass is 32.1. The van der Waals surface area contributed by atoms with Crippen LogP contribution in [0.4, 0.5) is 34.1 Å². The summed E-state index contributed by atoms with van der Waals surface area (Å²) in [4.78, 5) is 124. The van der Waals surface area contributed by atoms with E-state index in [4.69, 9.17) is 5.41 Å². The number of carbonyl (C=O) groups excluding carboxylic acids is 3. The van der Waals surface area contributed by atoms with Crippen LogP contribution in [0.2, 0.25) is 0 Å². The van der Waals surface area contributed by atoms with Crippen LogP contribution in [0, 0.1) is 35.8 Å². The number of amides is 3. The summed E-state index contributed by atoms with van der Waals surface area (Å²) in [5.41, 5.74) is 0.474. The highest BCUT2D eigenvalue weighted by Gasteiger charge is 2.38. The molecule has 1 aliphatic carbocycles. The fourth-order valence-corrected chi connectivity index (χ4v) is 15.0. The largest absolute Gasteiger partial charge is 0.362 e. The number of benzene rings is 3. The van der Waals surface area contributed by atoms with Crippen LogP contribution in [0.1, 0.15) is 70.3 Å². The maximum atomic E-state index is 13.4. The standard InChI is InChI=1S/C24H23N5O4S.C23H24N4O4S.C20H25N5O4/c1-2-17(9-10-25)16-28-19-7-4-3-6-18(19)21(22(24(28)31)29(32)33)26-11-13-27(14-12-26)23(30)20-8-5-15-34-20;28-22(19-10-5-15-32-19)25-13-11-24(12-14-25)20-17-8-3-4-9-18(17)26(16-6-1-2-7-16)23(29)21(20)27(30)31;1-22-16-8-3-2-6-14(16)17(18(20(22)27)25(28)29)23-10-12-24(13-11-23)19(26)15-7-4-5-9-21-15/h2-10,15,25H,1,11-14,16H2;3-5,8-10,15-16H,1-2,6-7,11-14H2;2-3,6,8,15,21H,4-5,7,9-13H2,1H3/b17-9+,25-10?;;. The molecule has 5 aromatic heterocycles. The fraction of sp³-hybridized carbons (Fsp3) is 0.358. The Morgan fingerprint density at radius 2 is 0.989 bits per heavy atom. The number of hydrogen-bond acceptors (Lipinski definition) is 19. The van der Waals surface area contributed by atoms with E-state index in [2.05, 4.69) is 11.9 Å². The molecule has 0 bridgehead atoms. The lowest BCUT2D eigenvalue weighted by Gasteiger charge is -2.38. The number of hydrogen-bond donors (Lipinski definition) is 2. The molecule has 13 rings (SSSR count). The first-order valence-corrected chi connectivity index (χ1v) is 33.4. The van der Waals surface area contributed by atoms with E-state index in [0.29, 0.717) is 127 Å². The minimum Gasteiger partial charge on any atom is -0.362 e. The molecular weight excluding hydrogens is 1260 g/mol. The number of pyridine rings is 3. The molecule has 5 fully saturated rings. The van der Waals surface area contributed by atoms with Crippen LogP contribution in [-0.4, -0.2) is 158 Å². The zero-order valence-electron chi connectivity index (χ0n) is 52.4. The molecule has 4 aliphatic heterocycles. The van der Waals surface area contributed by atoms with Crippen molar-refractivity contribution in [3.63, 3.8) is 0 Å². The minimum atomic E-state index is -0.714. The number of anilines is 3. The van der Waals surface area contributed by atoms with Gasteiger partial charge in [-0.05, 0) is 85.0 Å². The van der Waals surface area contributed by atoms with Gasteiger partial charge in [-0.3, -0.25) is 68.2 Å². The number of nitrogens with zero attached hydrogens (tertiary/aromatic N) is 12. The topological polar surface area (TPSA) is 302 Å². The molecule has 28 heteroatoms. The van der Waals surface area contributed by atoms with Crippen LogP contribution in [0.5, 0.6) is 0 Å². The Morgan fingerprint density at radius 3 is 1.44 bits per heavy atom. The predicted octanol–water partition coefficient (Wildman–Crippen LogP) is 8.98. The van der Waals surface area contributed by atoms with Gasteiger partial charge >= 0.3 is 33.7 Å². The van der Waals surface area contributed by atoms with Gasteiger partial charge in [-0.2, -0.15) is 0 Å². The molecule has 494 valence electrons. The molecule has 0 spiro atoms. The number of aryl methyl sites for hydroxylation is 1. The Morgan fingerprint density at radius 1 is 0.558 bits per heavy atom. The van der Waals surface area contributed by atoms with Crippen LogP contribution >= 0.6 is 22.7 Å². The van der Waals surface area contributed by atoms with Crippen molar-refractivity contribution >= 4 is 113 Å². The summed E-state index contributed by atoms with van der Waals surface area (Å²) in [6, 6.07) is 28.9. The second-order valence-corrected chi connectivity index (χ2v) is 25.6. The zero-order chi connectivity index (χ0) is 67.0. The number of carbonyl (C=O) groups is 3. The number of fused-ring (bicyclic) bond motifs is 3. The van der Waals surface area contributed by atoms with Gasteiger partial charge < -0.3 is 44.7 Å². The normalized spacial score (nSPS) is 17.1. The highest BCUT2D eigenvalue weighted by Crippen LogP contribution is 2.40. The van der Waals surface area contributed by atoms with Gasteiger partial charge in [-0.25, -0.2) is 0 Å². The number of nitro groups is 3. The summed E-state index contributed by atoms with van der Waals surface area (Å²) in [5.74, 6) is 0.0303. The minimum absolute atomic E-state index is 0.000384. The second kappa shape index (κ2) is 29.4. The van der Waals surface area contributed by atoms with E-state index in [1.54, 1.807) is 69.9 Å². The SMILES string of the molecule is C=C/C(=C\C=N)Cn1c(=O)c([N+](=O)[O-])c(N2CCN(C(=O)c3cccs3)CC2)c2ccccc21.Cn1c(=O)c([N+](=O)[O-])c(N2CCN(C(=O)C3CCCCN3)CC2)c2ccccc21.O=C(c1cccs1)N1CCN(c2c([N+](=O)[O-])c(=O)n(C3CCCC3)c3ccccc23)CC1. The number of rotatable bonds is 14. The highest BCUT2D eigenvalue weighted by molar-refractivity contribution is 7.12. The van der Waals surface area contributed by atoms with Crippen LogP contribution in [0.15, 0.2) is 147 Å². The van der Waals surface area contributed by atoms with Crippen molar-refractivity contribution in [2.75, 3.05) is 99.8 Å². The molecule has 2 N–H and O–H groups in total. The maximum Gasteiger partial charge on any atom is 0.357 e. The van der Waals surface area contributed by atoms with Gasteiger partial charge in [-0.1, -0.05) is 98.6 Å². The number of allylic oxidation sites excluding steroid dienone is 3. The van der Waals surface area contributed by atoms with Gasteiger partial charge in [0.25, 0.3) is 11.8 Å². The average Bonchev–Trinajstić information content (AvgIpc) is 1.30. The van der Waals surface area contributed by atoms with Crippen molar-refractivity contribution in [3.8, 4) is 0 Å². The molecule has 3 aromatic carbocycles. The van der Waals surface area contributed by atoms with E-state index in [-0.39, 0.29) is 47.7 Å². The molecule has 1 unspecified atom stereocenters. The lowest BCUT2D eigenvalue weighted by atomic mass is 10.0. The first kappa shape index (κ1) is 66.3. The molecule has 26 nitrogen and oxygen atoms in total. The van der Waals surface area contributed by atoms with Gasteiger partial charge in [0.05, 0.1) is 53.7 Å². The Labute approximate surface area is 552 Å².